The second-order valence-corrected chi connectivity index (χ2v) is 7.12. The van der Waals surface area contributed by atoms with Gasteiger partial charge in [-0.25, -0.2) is 9.78 Å². The number of carboxylic acid groups (broad SMARTS) is 1. The van der Waals surface area contributed by atoms with Crippen LogP contribution in [0.5, 0.6) is 0 Å². The minimum absolute atomic E-state index is 0.265. The molecule has 0 spiro atoms. The molecule has 0 saturated heterocycles. The summed E-state index contributed by atoms with van der Waals surface area (Å²) in [5.74, 6) is -0.888. The molecule has 0 aromatic carbocycles. The van der Waals surface area contributed by atoms with Crippen LogP contribution in [0.4, 0.5) is 5.13 Å². The van der Waals surface area contributed by atoms with Crippen molar-refractivity contribution in [3.63, 3.8) is 0 Å². The van der Waals surface area contributed by atoms with Crippen LogP contribution in [0.3, 0.4) is 0 Å². The predicted molar refractivity (Wildman–Crippen MR) is 80.0 cm³/mol. The zero-order chi connectivity index (χ0) is 14.9. The van der Waals surface area contributed by atoms with E-state index in [9.17, 15) is 9.90 Å². The van der Waals surface area contributed by atoms with Crippen LogP contribution in [0.15, 0.2) is 0 Å². The van der Waals surface area contributed by atoms with E-state index in [0.29, 0.717) is 23.2 Å². The van der Waals surface area contributed by atoms with Crippen LogP contribution in [0.2, 0.25) is 0 Å². The van der Waals surface area contributed by atoms with Crippen molar-refractivity contribution >= 4 is 22.4 Å². The largest absolute Gasteiger partial charge is 0.477 e. The van der Waals surface area contributed by atoms with E-state index in [4.69, 9.17) is 4.74 Å². The predicted octanol–water partition coefficient (Wildman–Crippen LogP) is 2.75. The number of rotatable bonds is 6. The normalized spacial score (nSPS) is 15.4. The second kappa shape index (κ2) is 5.69. The van der Waals surface area contributed by atoms with Gasteiger partial charge in [-0.15, -0.1) is 0 Å². The molecule has 0 amide bonds. The third-order valence-corrected chi connectivity index (χ3v) is 4.37. The third-order valence-electron chi connectivity index (χ3n) is 3.29. The Morgan fingerprint density at radius 2 is 2.15 bits per heavy atom. The summed E-state index contributed by atoms with van der Waals surface area (Å²) >= 11 is 1.28. The number of aromatic nitrogens is 1. The maximum atomic E-state index is 11.4. The Kier molecular flexibility index (Phi) is 4.34. The Hall–Kier alpha value is -1.14. The van der Waals surface area contributed by atoms with Gasteiger partial charge in [0.05, 0.1) is 12.3 Å². The molecule has 0 bridgehead atoms. The number of carboxylic acids is 1. The van der Waals surface area contributed by atoms with Crippen molar-refractivity contribution in [3.05, 3.63) is 10.6 Å². The molecule has 1 fully saturated rings. The number of thiazole rings is 1. The fourth-order valence-corrected chi connectivity index (χ4v) is 3.31. The molecule has 1 aromatic heterocycles. The quantitative estimate of drug-likeness (QED) is 0.875. The molecule has 2 rings (SSSR count). The lowest BCUT2D eigenvalue weighted by atomic mass is 9.91. The molecular formula is C14H22N2O3S. The Labute approximate surface area is 123 Å². The van der Waals surface area contributed by atoms with Crippen molar-refractivity contribution in [1.29, 1.82) is 0 Å². The first-order chi connectivity index (χ1) is 9.34. The van der Waals surface area contributed by atoms with E-state index in [1.165, 1.54) is 11.3 Å². The van der Waals surface area contributed by atoms with Crippen molar-refractivity contribution in [2.45, 2.75) is 45.1 Å². The zero-order valence-corrected chi connectivity index (χ0v) is 13.3. The molecule has 20 heavy (non-hydrogen) atoms. The van der Waals surface area contributed by atoms with Crippen molar-refractivity contribution < 1.29 is 14.6 Å². The van der Waals surface area contributed by atoms with Crippen molar-refractivity contribution in [3.8, 4) is 0 Å². The molecule has 5 nitrogen and oxygen atoms in total. The highest BCUT2D eigenvalue weighted by atomic mass is 32.1. The van der Waals surface area contributed by atoms with Gasteiger partial charge in [0.25, 0.3) is 0 Å². The van der Waals surface area contributed by atoms with Crippen LogP contribution in [0, 0.1) is 0 Å². The van der Waals surface area contributed by atoms with Gasteiger partial charge in [-0.05, 0) is 12.8 Å². The topological polar surface area (TPSA) is 62.7 Å². The lowest BCUT2D eigenvalue weighted by molar-refractivity contribution is 0.0699. The van der Waals surface area contributed by atoms with Crippen molar-refractivity contribution in [2.24, 2.45) is 0 Å². The van der Waals surface area contributed by atoms with Crippen LogP contribution in [0.25, 0.3) is 0 Å². The molecule has 1 aliphatic rings. The molecule has 1 saturated carbocycles. The molecule has 0 radical (unpaired) electrons. The molecule has 1 aliphatic carbocycles. The number of nitrogens with zero attached hydrogens (tertiary/aromatic N) is 2. The van der Waals surface area contributed by atoms with Crippen molar-refractivity contribution in [1.82, 2.24) is 4.98 Å². The summed E-state index contributed by atoms with van der Waals surface area (Å²) in [5.41, 5.74) is 0.409. The van der Waals surface area contributed by atoms with Gasteiger partial charge in [-0.1, -0.05) is 32.1 Å². The summed E-state index contributed by atoms with van der Waals surface area (Å²) in [4.78, 5) is 18.6. The minimum Gasteiger partial charge on any atom is -0.477 e. The Bertz CT molecular complexity index is 489. The molecular weight excluding hydrogens is 276 g/mol. The van der Waals surface area contributed by atoms with E-state index in [-0.39, 0.29) is 5.41 Å². The van der Waals surface area contributed by atoms with Crippen LogP contribution >= 0.6 is 11.3 Å². The van der Waals surface area contributed by atoms with Gasteiger partial charge in [-0.3, -0.25) is 0 Å². The molecule has 6 heteroatoms. The monoisotopic (exact) mass is 298 g/mol. The number of anilines is 1. The summed E-state index contributed by atoms with van der Waals surface area (Å²) in [5, 5.41) is 10.2. The highest BCUT2D eigenvalue weighted by Crippen LogP contribution is 2.38. The summed E-state index contributed by atoms with van der Waals surface area (Å²) in [7, 11) is 1.68. The number of methoxy groups -OCH3 is 1. The lowest BCUT2D eigenvalue weighted by Gasteiger charge is -2.21. The minimum atomic E-state index is -0.888. The average Bonchev–Trinajstić information content (AvgIpc) is 3.05. The van der Waals surface area contributed by atoms with Gasteiger partial charge in [0.2, 0.25) is 0 Å². The summed E-state index contributed by atoms with van der Waals surface area (Å²) in [6.45, 7) is 7.37. The maximum Gasteiger partial charge on any atom is 0.347 e. The highest BCUT2D eigenvalue weighted by molar-refractivity contribution is 7.17. The molecule has 0 atom stereocenters. The van der Waals surface area contributed by atoms with Crippen molar-refractivity contribution in [2.75, 3.05) is 25.2 Å². The Morgan fingerprint density at radius 3 is 2.55 bits per heavy atom. The van der Waals surface area contributed by atoms with E-state index in [2.05, 4.69) is 9.88 Å². The third kappa shape index (κ3) is 3.30. The molecule has 112 valence electrons. The molecule has 0 aliphatic heterocycles. The van der Waals surface area contributed by atoms with E-state index in [1.807, 2.05) is 20.8 Å². The van der Waals surface area contributed by atoms with Gasteiger partial charge in [-0.2, -0.15) is 0 Å². The lowest BCUT2D eigenvalue weighted by Crippen LogP contribution is -2.29. The van der Waals surface area contributed by atoms with Crippen LogP contribution in [-0.2, 0) is 10.2 Å². The molecule has 1 heterocycles. The Balaban J connectivity index is 2.33. The number of carbonyl (C=O) groups is 1. The number of ether oxygens (including phenoxy) is 1. The summed E-state index contributed by atoms with van der Waals surface area (Å²) < 4.78 is 5.14. The zero-order valence-electron chi connectivity index (χ0n) is 12.5. The highest BCUT2D eigenvalue weighted by Gasteiger charge is 2.34. The standard InChI is InChI=1S/C14H22N2O3S/c1-14(2,3)11-10(12(17)18)20-13(15-11)16(7-8-19-4)9-5-6-9/h9H,5-8H2,1-4H3,(H,17,18). The van der Waals surface area contributed by atoms with E-state index in [0.717, 1.165) is 24.5 Å². The van der Waals surface area contributed by atoms with Crippen LogP contribution < -0.4 is 4.90 Å². The number of hydrogen-bond donors (Lipinski definition) is 1. The average molecular weight is 298 g/mol. The first-order valence-corrected chi connectivity index (χ1v) is 7.66. The molecule has 1 N–H and O–H groups in total. The number of aromatic carboxylic acids is 1. The second-order valence-electron chi connectivity index (χ2n) is 6.15. The number of hydrogen-bond acceptors (Lipinski definition) is 5. The smallest absolute Gasteiger partial charge is 0.347 e. The van der Waals surface area contributed by atoms with Crippen LogP contribution in [-0.4, -0.2) is 42.4 Å². The maximum absolute atomic E-state index is 11.4. The van der Waals surface area contributed by atoms with E-state index in [1.54, 1.807) is 7.11 Å². The fourth-order valence-electron chi connectivity index (χ4n) is 2.10. The first-order valence-electron chi connectivity index (χ1n) is 6.84. The SMILES string of the molecule is COCCN(c1nc(C(C)(C)C)c(C(=O)O)s1)C1CC1. The molecule has 0 unspecified atom stereocenters. The van der Waals surface area contributed by atoms with Gasteiger partial charge >= 0.3 is 5.97 Å². The Morgan fingerprint density at radius 1 is 1.50 bits per heavy atom. The fraction of sp³-hybridized carbons (Fsp3) is 0.714. The van der Waals surface area contributed by atoms with Gasteiger partial charge in [0.15, 0.2) is 5.13 Å². The molecule has 1 aromatic rings. The van der Waals surface area contributed by atoms with Gasteiger partial charge in [0.1, 0.15) is 4.88 Å². The summed E-state index contributed by atoms with van der Waals surface area (Å²) in [6, 6.07) is 0.491. The van der Waals surface area contributed by atoms with E-state index < -0.39 is 5.97 Å². The van der Waals surface area contributed by atoms with Gasteiger partial charge < -0.3 is 14.7 Å². The van der Waals surface area contributed by atoms with Crippen LogP contribution in [0.1, 0.15) is 49.0 Å². The summed E-state index contributed by atoms with van der Waals surface area (Å²) in [6.07, 6.45) is 2.30. The van der Waals surface area contributed by atoms with Gasteiger partial charge in [0, 0.05) is 25.1 Å². The first kappa shape index (κ1) is 15.3. The van der Waals surface area contributed by atoms with E-state index >= 15 is 0 Å².